The van der Waals surface area contributed by atoms with Crippen molar-refractivity contribution in [1.82, 2.24) is 14.8 Å². The zero-order valence-corrected chi connectivity index (χ0v) is 28.1. The summed E-state index contributed by atoms with van der Waals surface area (Å²) in [4.78, 5) is 18.2. The molecule has 0 bridgehead atoms. The van der Waals surface area contributed by atoms with Gasteiger partial charge in [0.1, 0.15) is 23.6 Å². The second-order valence-corrected chi connectivity index (χ2v) is 11.0. The number of benzene rings is 2. The average Bonchev–Trinajstić information content (AvgIpc) is 3.45. The van der Waals surface area contributed by atoms with Crippen LogP contribution in [0.5, 0.6) is 5.75 Å². The lowest BCUT2D eigenvalue weighted by atomic mass is 9.96. The Kier molecular flexibility index (Phi) is 18.2. The summed E-state index contributed by atoms with van der Waals surface area (Å²) >= 11 is 6.13. The number of allylic oxidation sites excluding steroid dienone is 2. The number of morpholine rings is 1. The van der Waals surface area contributed by atoms with Gasteiger partial charge >= 0.3 is 0 Å². The van der Waals surface area contributed by atoms with Gasteiger partial charge in [0.25, 0.3) is 6.47 Å². The first-order valence-electron chi connectivity index (χ1n) is 15.3. The average molecular weight is 656 g/mol. The molecule has 8 nitrogen and oxygen atoms in total. The molecule has 3 heterocycles. The normalized spacial score (nSPS) is 16.5. The number of H-pyrrole nitrogens is 1. The van der Waals surface area contributed by atoms with E-state index in [2.05, 4.69) is 70.6 Å². The molecule has 1 saturated heterocycles. The number of likely N-dealkylation sites (N-methyl/N-ethyl adjacent to an activating group) is 1. The minimum absolute atomic E-state index is 0.299. The number of aromatic amines is 1. The van der Waals surface area contributed by atoms with Crippen LogP contribution in [-0.2, 0) is 25.4 Å². The number of hydrogen-bond acceptors (Lipinski definition) is 7. The molecule has 1 atom stereocenters. The largest absolute Gasteiger partial charge is 0.498 e. The summed E-state index contributed by atoms with van der Waals surface area (Å²) in [6, 6.07) is 11.8. The highest BCUT2D eigenvalue weighted by Crippen LogP contribution is 2.36. The molecule has 2 aromatic carbocycles. The molecule has 2 aliphatic heterocycles. The topological polar surface area (TPSA) is 76.3 Å². The molecular weight excluding hydrogens is 609 g/mol. The Bertz CT molecular complexity index is 1380. The number of methoxy groups -OCH3 is 1. The Morgan fingerprint density at radius 1 is 1.15 bits per heavy atom. The number of fused-ring (bicyclic) bond motifs is 3. The molecule has 2 aliphatic rings. The SMILES string of the molecule is C#C.C/C=C\CC1c2[nH]c3ccc(Cl)cc3c2CCN1C.CO/C(C)=C\OCCCN1CCOCC1.O=COc1ccc(F)cc1. The number of hydrogen-bond donors (Lipinski definition) is 1. The van der Waals surface area contributed by atoms with E-state index in [1.807, 2.05) is 13.0 Å². The van der Waals surface area contributed by atoms with Crippen molar-refractivity contribution >= 4 is 29.0 Å². The van der Waals surface area contributed by atoms with Crippen LogP contribution in [0, 0.1) is 18.7 Å². The number of rotatable bonds is 10. The third-order valence-corrected chi connectivity index (χ3v) is 7.72. The van der Waals surface area contributed by atoms with E-state index < -0.39 is 0 Å². The van der Waals surface area contributed by atoms with Crippen molar-refractivity contribution in [3.8, 4) is 18.6 Å². The lowest BCUT2D eigenvalue weighted by Crippen LogP contribution is -2.37. The molecule has 250 valence electrons. The van der Waals surface area contributed by atoms with E-state index in [1.54, 1.807) is 13.4 Å². The van der Waals surface area contributed by atoms with Crippen LogP contribution in [0.15, 0.2) is 66.6 Å². The Balaban J connectivity index is 0.000000245. The van der Waals surface area contributed by atoms with Crippen molar-refractivity contribution in [2.75, 3.05) is 60.2 Å². The van der Waals surface area contributed by atoms with Crippen molar-refractivity contribution in [3.05, 3.63) is 88.7 Å². The van der Waals surface area contributed by atoms with Crippen molar-refractivity contribution < 1.29 is 28.1 Å². The summed E-state index contributed by atoms with van der Waals surface area (Å²) < 4.78 is 32.2. The summed E-state index contributed by atoms with van der Waals surface area (Å²) in [5.41, 5.74) is 4.02. The Hall–Kier alpha value is -3.81. The fourth-order valence-electron chi connectivity index (χ4n) is 5.01. The predicted octanol–water partition coefficient (Wildman–Crippen LogP) is 7.16. The van der Waals surface area contributed by atoms with E-state index >= 15 is 0 Å². The Morgan fingerprint density at radius 2 is 1.87 bits per heavy atom. The van der Waals surface area contributed by atoms with Crippen molar-refractivity contribution in [1.29, 1.82) is 0 Å². The molecule has 3 aromatic rings. The first-order valence-corrected chi connectivity index (χ1v) is 15.7. The number of halogens is 2. The summed E-state index contributed by atoms with van der Waals surface area (Å²) in [7, 11) is 3.85. The molecular formula is C36H47ClFN3O5. The van der Waals surface area contributed by atoms with Crippen LogP contribution in [-0.4, -0.2) is 81.4 Å². The summed E-state index contributed by atoms with van der Waals surface area (Å²) in [5.74, 6) is 0.802. The van der Waals surface area contributed by atoms with Crippen molar-refractivity contribution in [2.24, 2.45) is 0 Å². The Morgan fingerprint density at radius 3 is 2.52 bits per heavy atom. The molecule has 46 heavy (non-hydrogen) atoms. The number of nitrogens with zero attached hydrogens (tertiary/aromatic N) is 2. The van der Waals surface area contributed by atoms with Crippen LogP contribution in [0.1, 0.15) is 44.0 Å². The van der Waals surface area contributed by atoms with E-state index in [0.717, 1.165) is 76.0 Å². The van der Waals surface area contributed by atoms with Gasteiger partial charge in [-0.15, -0.1) is 12.8 Å². The minimum atomic E-state index is -0.349. The van der Waals surface area contributed by atoms with E-state index in [9.17, 15) is 9.18 Å². The van der Waals surface area contributed by atoms with E-state index in [4.69, 9.17) is 25.8 Å². The first-order chi connectivity index (χ1) is 22.4. The van der Waals surface area contributed by atoms with Gasteiger partial charge in [-0.2, -0.15) is 0 Å². The van der Waals surface area contributed by atoms with Gasteiger partial charge in [0.2, 0.25) is 0 Å². The Labute approximate surface area is 278 Å². The highest BCUT2D eigenvalue weighted by molar-refractivity contribution is 6.31. The lowest BCUT2D eigenvalue weighted by Gasteiger charge is -2.32. The zero-order chi connectivity index (χ0) is 33.7. The first kappa shape index (κ1) is 38.4. The standard InChI is InChI=1S/C16H19ClN2.C11H21NO3.C7H5FO2.C2H2/c1-3-4-5-15-16-12(8-9-19(15)2)13-10-11(17)6-7-14(13)18-16;1-11(13-2)10-15-7-3-4-12-5-8-14-9-6-12;8-6-1-3-7(4-2-6)10-5-9;1-2/h3-4,6-7,10,15,18H,5,8-9H2,1-2H3;10H,3-9H2,1-2H3;1-5H;1-2H/b4-3-;11-10-;;. The van der Waals surface area contributed by atoms with Crippen LogP contribution in [0.4, 0.5) is 4.39 Å². The van der Waals surface area contributed by atoms with Gasteiger partial charge in [-0.3, -0.25) is 14.6 Å². The maximum Gasteiger partial charge on any atom is 0.298 e. The summed E-state index contributed by atoms with van der Waals surface area (Å²) in [6.45, 7) is 11.0. The maximum atomic E-state index is 12.2. The van der Waals surface area contributed by atoms with E-state index in [-0.39, 0.29) is 5.82 Å². The van der Waals surface area contributed by atoms with Crippen LogP contribution >= 0.6 is 11.6 Å². The lowest BCUT2D eigenvalue weighted by molar-refractivity contribution is -0.120. The molecule has 0 amide bonds. The number of terminal acetylenes is 1. The predicted molar refractivity (Wildman–Crippen MR) is 183 cm³/mol. The van der Waals surface area contributed by atoms with E-state index in [0.29, 0.717) is 18.3 Å². The smallest absolute Gasteiger partial charge is 0.298 e. The molecule has 1 fully saturated rings. The van der Waals surface area contributed by atoms with Gasteiger partial charge in [-0.1, -0.05) is 23.8 Å². The molecule has 0 spiro atoms. The number of nitrogens with one attached hydrogen (secondary N) is 1. The molecule has 1 unspecified atom stereocenters. The second-order valence-electron chi connectivity index (χ2n) is 10.5. The number of carbonyl (C=O) groups is 1. The fourth-order valence-corrected chi connectivity index (χ4v) is 5.18. The van der Waals surface area contributed by atoms with Gasteiger partial charge in [-0.25, -0.2) is 4.39 Å². The maximum absolute atomic E-state index is 12.2. The highest BCUT2D eigenvalue weighted by Gasteiger charge is 2.27. The number of ether oxygens (including phenoxy) is 4. The van der Waals surface area contributed by atoms with Crippen LogP contribution in [0.3, 0.4) is 0 Å². The zero-order valence-electron chi connectivity index (χ0n) is 27.3. The van der Waals surface area contributed by atoms with Gasteiger partial charge < -0.3 is 23.9 Å². The van der Waals surface area contributed by atoms with Crippen LogP contribution in [0.2, 0.25) is 5.02 Å². The summed E-state index contributed by atoms with van der Waals surface area (Å²) in [5, 5.41) is 2.11. The minimum Gasteiger partial charge on any atom is -0.498 e. The van der Waals surface area contributed by atoms with Gasteiger partial charge in [0.05, 0.1) is 33.0 Å². The third kappa shape index (κ3) is 12.9. The number of aromatic nitrogens is 1. The molecule has 0 aliphatic carbocycles. The molecule has 10 heteroatoms. The van der Waals surface area contributed by atoms with Crippen molar-refractivity contribution in [3.63, 3.8) is 0 Å². The van der Waals surface area contributed by atoms with Crippen molar-refractivity contribution in [2.45, 2.75) is 39.2 Å². The monoisotopic (exact) mass is 655 g/mol. The van der Waals surface area contributed by atoms with Crippen LogP contribution in [0.25, 0.3) is 10.9 Å². The summed E-state index contributed by atoms with van der Waals surface area (Å²) in [6.07, 6.45) is 17.2. The third-order valence-electron chi connectivity index (χ3n) is 7.49. The molecule has 1 aromatic heterocycles. The number of carbonyl (C=O) groups excluding carboxylic acids is 1. The fraction of sp³-hybridized carbons (Fsp3) is 0.417. The second kappa shape index (κ2) is 21.8. The van der Waals surface area contributed by atoms with Gasteiger partial charge in [-0.05, 0) is 88.2 Å². The molecule has 5 rings (SSSR count). The highest BCUT2D eigenvalue weighted by atomic mass is 35.5. The molecule has 0 saturated carbocycles. The van der Waals surface area contributed by atoms with Gasteiger partial charge in [0, 0.05) is 47.8 Å². The van der Waals surface area contributed by atoms with Crippen LogP contribution < -0.4 is 4.74 Å². The molecule has 0 radical (unpaired) electrons. The molecule has 1 N–H and O–H groups in total. The van der Waals surface area contributed by atoms with E-state index in [1.165, 1.54) is 46.4 Å². The van der Waals surface area contributed by atoms with Gasteiger partial charge in [0.15, 0.2) is 0 Å². The quantitative estimate of drug-likeness (QED) is 0.0817.